The van der Waals surface area contributed by atoms with Gasteiger partial charge < -0.3 is 5.11 Å². The van der Waals surface area contributed by atoms with Crippen molar-refractivity contribution in [3.63, 3.8) is 0 Å². The fraction of sp³-hybridized carbons (Fsp3) is 0.333. The summed E-state index contributed by atoms with van der Waals surface area (Å²) in [6.45, 7) is 8.31. The normalized spacial score (nSPS) is 12.4. The zero-order valence-electron chi connectivity index (χ0n) is 12.2. The van der Waals surface area contributed by atoms with Gasteiger partial charge in [0.15, 0.2) is 0 Å². The molecule has 0 amide bonds. The first-order valence-corrected chi connectivity index (χ1v) is 6.90. The second-order valence-electron chi connectivity index (χ2n) is 5.27. The zero-order valence-corrected chi connectivity index (χ0v) is 12.2. The Bertz CT molecular complexity index is 570. The summed E-state index contributed by atoms with van der Waals surface area (Å²) in [5.74, 6) is 0.730. The molecular formula is C18H22O. The highest BCUT2D eigenvalue weighted by atomic mass is 16.3. The molecular weight excluding hydrogens is 232 g/mol. The van der Waals surface area contributed by atoms with Crippen molar-refractivity contribution in [3.05, 3.63) is 64.2 Å². The van der Waals surface area contributed by atoms with Gasteiger partial charge in [-0.2, -0.15) is 0 Å². The van der Waals surface area contributed by atoms with Crippen LogP contribution in [0.5, 0.6) is 5.75 Å². The van der Waals surface area contributed by atoms with Gasteiger partial charge in [-0.3, -0.25) is 0 Å². The van der Waals surface area contributed by atoms with Gasteiger partial charge in [0.1, 0.15) is 5.75 Å². The van der Waals surface area contributed by atoms with E-state index < -0.39 is 0 Å². The highest BCUT2D eigenvalue weighted by Crippen LogP contribution is 2.39. The Balaban J connectivity index is 2.60. The minimum absolute atomic E-state index is 0.264. The molecule has 19 heavy (non-hydrogen) atoms. The van der Waals surface area contributed by atoms with Crippen molar-refractivity contribution in [2.24, 2.45) is 0 Å². The van der Waals surface area contributed by atoms with E-state index in [0.717, 1.165) is 23.1 Å². The molecule has 0 aliphatic heterocycles. The van der Waals surface area contributed by atoms with Crippen LogP contribution in [0.3, 0.4) is 0 Å². The molecule has 0 bridgehead atoms. The minimum atomic E-state index is 0.264. The predicted octanol–water partition coefficient (Wildman–Crippen LogP) is 4.86. The van der Waals surface area contributed by atoms with Crippen LogP contribution in [0.1, 0.15) is 47.1 Å². The summed E-state index contributed by atoms with van der Waals surface area (Å²) in [5.41, 5.74) is 5.68. The van der Waals surface area contributed by atoms with Crippen LogP contribution >= 0.6 is 0 Å². The first-order valence-electron chi connectivity index (χ1n) is 6.90. The molecule has 0 saturated carbocycles. The molecule has 0 aliphatic rings. The van der Waals surface area contributed by atoms with Crippen molar-refractivity contribution in [1.29, 1.82) is 0 Å². The molecule has 0 radical (unpaired) electrons. The summed E-state index contributed by atoms with van der Waals surface area (Å²) in [4.78, 5) is 0. The van der Waals surface area contributed by atoms with Gasteiger partial charge in [0.25, 0.3) is 0 Å². The van der Waals surface area contributed by atoms with Crippen molar-refractivity contribution >= 4 is 0 Å². The molecule has 2 aromatic carbocycles. The number of hydrogen-bond donors (Lipinski definition) is 1. The monoisotopic (exact) mass is 254 g/mol. The SMILES string of the molecule is CC[C@H](c1ccccc1)c1c(C)cc(C)c(C)c1O. The molecule has 0 fully saturated rings. The molecule has 100 valence electrons. The molecule has 1 heteroatoms. The van der Waals surface area contributed by atoms with E-state index in [-0.39, 0.29) is 5.92 Å². The summed E-state index contributed by atoms with van der Waals surface area (Å²) < 4.78 is 0. The van der Waals surface area contributed by atoms with Gasteiger partial charge in [-0.05, 0) is 49.4 Å². The highest BCUT2D eigenvalue weighted by molar-refractivity contribution is 5.53. The Labute approximate surface area is 115 Å². The van der Waals surface area contributed by atoms with Crippen LogP contribution in [0.4, 0.5) is 0 Å². The van der Waals surface area contributed by atoms with Crippen LogP contribution in [-0.4, -0.2) is 5.11 Å². The molecule has 1 atom stereocenters. The molecule has 0 aromatic heterocycles. The lowest BCUT2D eigenvalue weighted by Crippen LogP contribution is -2.04. The predicted molar refractivity (Wildman–Crippen MR) is 80.9 cm³/mol. The molecule has 1 nitrogen and oxygen atoms in total. The van der Waals surface area contributed by atoms with Gasteiger partial charge in [-0.25, -0.2) is 0 Å². The third kappa shape index (κ3) is 2.51. The summed E-state index contributed by atoms with van der Waals surface area (Å²) in [6, 6.07) is 12.6. The van der Waals surface area contributed by atoms with Crippen LogP contribution in [0.15, 0.2) is 36.4 Å². The second kappa shape index (κ2) is 5.48. The third-order valence-electron chi connectivity index (χ3n) is 4.02. The number of aryl methyl sites for hydroxylation is 2. The third-order valence-corrected chi connectivity index (χ3v) is 4.02. The first kappa shape index (κ1) is 13.7. The summed E-state index contributed by atoms with van der Waals surface area (Å²) in [7, 11) is 0. The van der Waals surface area contributed by atoms with Gasteiger partial charge in [-0.1, -0.05) is 43.3 Å². The van der Waals surface area contributed by atoms with Crippen molar-refractivity contribution in [1.82, 2.24) is 0 Å². The average Bonchev–Trinajstić information content (AvgIpc) is 2.42. The number of hydrogen-bond acceptors (Lipinski definition) is 1. The van der Waals surface area contributed by atoms with E-state index in [9.17, 15) is 5.11 Å². The summed E-state index contributed by atoms with van der Waals surface area (Å²) in [6.07, 6.45) is 0.987. The standard InChI is InChI=1S/C18H22O/c1-5-16(15-9-7-6-8-10-15)17-13(3)11-12(2)14(4)18(17)19/h6-11,16,19H,5H2,1-4H3/t16-/m1/s1. The Morgan fingerprint density at radius 3 is 2.21 bits per heavy atom. The molecule has 0 unspecified atom stereocenters. The Morgan fingerprint density at radius 2 is 1.63 bits per heavy atom. The topological polar surface area (TPSA) is 20.2 Å². The lowest BCUT2D eigenvalue weighted by Gasteiger charge is -2.22. The lowest BCUT2D eigenvalue weighted by atomic mass is 9.84. The van der Waals surface area contributed by atoms with Crippen molar-refractivity contribution in [2.75, 3.05) is 0 Å². The number of phenolic OH excluding ortho intramolecular Hbond substituents is 1. The molecule has 0 heterocycles. The van der Waals surface area contributed by atoms with E-state index in [1.165, 1.54) is 11.1 Å². The number of phenols is 1. The quantitative estimate of drug-likeness (QED) is 0.829. The van der Waals surface area contributed by atoms with Crippen molar-refractivity contribution < 1.29 is 5.11 Å². The Morgan fingerprint density at radius 1 is 1.00 bits per heavy atom. The average molecular weight is 254 g/mol. The van der Waals surface area contributed by atoms with Crippen molar-refractivity contribution in [3.8, 4) is 5.75 Å². The second-order valence-corrected chi connectivity index (χ2v) is 5.27. The highest BCUT2D eigenvalue weighted by Gasteiger charge is 2.20. The van der Waals surface area contributed by atoms with Crippen LogP contribution in [0.2, 0.25) is 0 Å². The maximum absolute atomic E-state index is 10.5. The fourth-order valence-electron chi connectivity index (χ4n) is 2.82. The smallest absolute Gasteiger partial charge is 0.122 e. The Hall–Kier alpha value is -1.76. The summed E-state index contributed by atoms with van der Waals surface area (Å²) >= 11 is 0. The molecule has 1 N–H and O–H groups in total. The molecule has 0 aliphatic carbocycles. The van der Waals surface area contributed by atoms with Gasteiger partial charge in [0, 0.05) is 11.5 Å². The zero-order chi connectivity index (χ0) is 14.0. The fourth-order valence-corrected chi connectivity index (χ4v) is 2.82. The van der Waals surface area contributed by atoms with Crippen molar-refractivity contribution in [2.45, 2.75) is 40.0 Å². The van der Waals surface area contributed by atoms with Gasteiger partial charge >= 0.3 is 0 Å². The molecule has 0 spiro atoms. The molecule has 0 saturated heterocycles. The van der Waals surface area contributed by atoms with Crippen LogP contribution in [0.25, 0.3) is 0 Å². The van der Waals surface area contributed by atoms with Gasteiger partial charge in [0.05, 0.1) is 0 Å². The first-order chi connectivity index (χ1) is 9.06. The number of benzene rings is 2. The lowest BCUT2D eigenvalue weighted by molar-refractivity contribution is 0.458. The van der Waals surface area contributed by atoms with Crippen LogP contribution < -0.4 is 0 Å². The van der Waals surface area contributed by atoms with E-state index in [1.807, 2.05) is 13.0 Å². The van der Waals surface area contributed by atoms with Gasteiger partial charge in [0.2, 0.25) is 0 Å². The van der Waals surface area contributed by atoms with E-state index in [4.69, 9.17) is 0 Å². The van der Waals surface area contributed by atoms with E-state index in [0.29, 0.717) is 5.75 Å². The number of rotatable bonds is 3. The van der Waals surface area contributed by atoms with Gasteiger partial charge in [-0.15, -0.1) is 0 Å². The maximum Gasteiger partial charge on any atom is 0.122 e. The molecule has 2 aromatic rings. The number of aromatic hydroxyl groups is 1. The largest absolute Gasteiger partial charge is 0.507 e. The van der Waals surface area contributed by atoms with E-state index in [1.54, 1.807) is 0 Å². The van der Waals surface area contributed by atoms with Crippen LogP contribution in [0, 0.1) is 20.8 Å². The van der Waals surface area contributed by atoms with Crippen LogP contribution in [-0.2, 0) is 0 Å². The van der Waals surface area contributed by atoms with E-state index >= 15 is 0 Å². The minimum Gasteiger partial charge on any atom is -0.507 e. The van der Waals surface area contributed by atoms with E-state index in [2.05, 4.69) is 51.1 Å². The molecule has 2 rings (SSSR count). The summed E-state index contributed by atoms with van der Waals surface area (Å²) in [5, 5.41) is 10.5. The maximum atomic E-state index is 10.5. The Kier molecular flexibility index (Phi) is 3.94.